The molecule has 1 amide bonds. The Morgan fingerprint density at radius 3 is 3.10 bits per heavy atom. The number of carbonyl (C=O) groups is 1. The SMILES string of the molecule is O=C(Cn1cccnc1=O)N[C@H]1CCSc2ccccc21. The predicted octanol–water partition coefficient (Wildman–Crippen LogP) is 1.60. The van der Waals surface area contributed by atoms with Crippen LogP contribution in [0.15, 0.2) is 52.4 Å². The van der Waals surface area contributed by atoms with E-state index in [0.717, 1.165) is 17.7 Å². The first-order chi connectivity index (χ1) is 10.2. The zero-order chi connectivity index (χ0) is 14.7. The third-order valence-corrected chi connectivity index (χ3v) is 4.51. The van der Waals surface area contributed by atoms with E-state index in [0.29, 0.717) is 0 Å². The van der Waals surface area contributed by atoms with Gasteiger partial charge in [-0.25, -0.2) is 9.78 Å². The number of amides is 1. The number of carbonyl (C=O) groups excluding carboxylic acids is 1. The highest BCUT2D eigenvalue weighted by Gasteiger charge is 2.21. The van der Waals surface area contributed by atoms with Crippen molar-refractivity contribution in [2.75, 3.05) is 5.75 Å². The van der Waals surface area contributed by atoms with Crippen LogP contribution in [0.25, 0.3) is 0 Å². The average molecular weight is 301 g/mol. The Balaban J connectivity index is 1.72. The number of hydrogen-bond acceptors (Lipinski definition) is 4. The van der Waals surface area contributed by atoms with Gasteiger partial charge in [-0.15, -0.1) is 11.8 Å². The van der Waals surface area contributed by atoms with Crippen molar-refractivity contribution in [1.29, 1.82) is 0 Å². The van der Waals surface area contributed by atoms with E-state index >= 15 is 0 Å². The second-order valence-corrected chi connectivity index (χ2v) is 5.96. The monoisotopic (exact) mass is 301 g/mol. The predicted molar refractivity (Wildman–Crippen MR) is 81.2 cm³/mol. The van der Waals surface area contributed by atoms with Gasteiger partial charge in [0, 0.05) is 23.0 Å². The maximum Gasteiger partial charge on any atom is 0.347 e. The molecule has 1 atom stereocenters. The van der Waals surface area contributed by atoms with Crippen molar-refractivity contribution in [1.82, 2.24) is 14.9 Å². The van der Waals surface area contributed by atoms with Crippen LogP contribution in [0.4, 0.5) is 0 Å². The van der Waals surface area contributed by atoms with Gasteiger partial charge in [-0.3, -0.25) is 9.36 Å². The fourth-order valence-electron chi connectivity index (χ4n) is 2.39. The third kappa shape index (κ3) is 3.16. The molecule has 6 heteroatoms. The molecule has 1 aromatic heterocycles. The van der Waals surface area contributed by atoms with Gasteiger partial charge < -0.3 is 5.32 Å². The van der Waals surface area contributed by atoms with Crippen LogP contribution in [0.5, 0.6) is 0 Å². The Bertz CT molecular complexity index is 714. The van der Waals surface area contributed by atoms with Crippen LogP contribution in [-0.4, -0.2) is 21.2 Å². The molecule has 0 unspecified atom stereocenters. The summed E-state index contributed by atoms with van der Waals surface area (Å²) in [7, 11) is 0. The molecular formula is C15H15N3O2S. The molecule has 1 aliphatic rings. The molecule has 3 rings (SSSR count). The van der Waals surface area contributed by atoms with E-state index in [1.54, 1.807) is 12.3 Å². The average Bonchev–Trinajstić information content (AvgIpc) is 2.50. The molecule has 1 aromatic carbocycles. The van der Waals surface area contributed by atoms with E-state index in [4.69, 9.17) is 0 Å². The van der Waals surface area contributed by atoms with Crippen molar-refractivity contribution < 1.29 is 4.79 Å². The molecule has 0 aliphatic carbocycles. The lowest BCUT2D eigenvalue weighted by atomic mass is 10.0. The second-order valence-electron chi connectivity index (χ2n) is 4.83. The Morgan fingerprint density at radius 2 is 2.24 bits per heavy atom. The topological polar surface area (TPSA) is 64.0 Å². The summed E-state index contributed by atoms with van der Waals surface area (Å²) in [6, 6.07) is 9.76. The van der Waals surface area contributed by atoms with E-state index in [1.165, 1.54) is 15.7 Å². The van der Waals surface area contributed by atoms with Crippen molar-refractivity contribution in [3.05, 3.63) is 58.8 Å². The summed E-state index contributed by atoms with van der Waals surface area (Å²) < 4.78 is 1.30. The molecular weight excluding hydrogens is 286 g/mol. The van der Waals surface area contributed by atoms with Crippen LogP contribution in [0, 0.1) is 0 Å². The number of aromatic nitrogens is 2. The first-order valence-electron chi connectivity index (χ1n) is 6.76. The van der Waals surface area contributed by atoms with Crippen LogP contribution in [0.3, 0.4) is 0 Å². The van der Waals surface area contributed by atoms with Crippen molar-refractivity contribution in [2.24, 2.45) is 0 Å². The largest absolute Gasteiger partial charge is 0.348 e. The second kappa shape index (κ2) is 6.13. The fourth-order valence-corrected chi connectivity index (χ4v) is 3.52. The van der Waals surface area contributed by atoms with E-state index in [-0.39, 0.29) is 18.5 Å². The van der Waals surface area contributed by atoms with Crippen molar-refractivity contribution in [3.63, 3.8) is 0 Å². The number of nitrogens with one attached hydrogen (secondary N) is 1. The number of hydrogen-bond donors (Lipinski definition) is 1. The fraction of sp³-hybridized carbons (Fsp3) is 0.267. The quantitative estimate of drug-likeness (QED) is 0.935. The highest BCUT2D eigenvalue weighted by molar-refractivity contribution is 7.99. The molecule has 21 heavy (non-hydrogen) atoms. The standard InChI is InChI=1S/C15H15N3O2S/c19-14(10-18-8-3-7-16-15(18)20)17-12-6-9-21-13-5-2-1-4-11(12)13/h1-5,7-8,12H,6,9-10H2,(H,17,19)/t12-/m0/s1. The summed E-state index contributed by atoms with van der Waals surface area (Å²) in [5.74, 6) is 0.811. The molecule has 1 aliphatic heterocycles. The third-order valence-electron chi connectivity index (χ3n) is 3.39. The number of nitrogens with zero attached hydrogens (tertiary/aromatic N) is 2. The highest BCUT2D eigenvalue weighted by Crippen LogP contribution is 2.35. The zero-order valence-electron chi connectivity index (χ0n) is 11.4. The lowest BCUT2D eigenvalue weighted by molar-refractivity contribution is -0.122. The molecule has 0 saturated heterocycles. The normalized spacial score (nSPS) is 17.0. The van der Waals surface area contributed by atoms with E-state index in [1.807, 2.05) is 30.0 Å². The minimum atomic E-state index is -0.410. The summed E-state index contributed by atoms with van der Waals surface area (Å²) in [6.45, 7) is -0.00150. The van der Waals surface area contributed by atoms with Gasteiger partial charge in [-0.05, 0) is 24.1 Å². The molecule has 0 bridgehead atoms. The van der Waals surface area contributed by atoms with Crippen LogP contribution in [-0.2, 0) is 11.3 Å². The summed E-state index contributed by atoms with van der Waals surface area (Å²) in [5.41, 5.74) is 0.743. The molecule has 108 valence electrons. The van der Waals surface area contributed by atoms with Gasteiger partial charge in [0.25, 0.3) is 0 Å². The van der Waals surface area contributed by atoms with Gasteiger partial charge in [0.15, 0.2) is 0 Å². The van der Waals surface area contributed by atoms with Crippen LogP contribution in [0.1, 0.15) is 18.0 Å². The maximum atomic E-state index is 12.1. The van der Waals surface area contributed by atoms with Crippen molar-refractivity contribution >= 4 is 17.7 Å². The minimum Gasteiger partial charge on any atom is -0.348 e. The molecule has 0 radical (unpaired) electrons. The van der Waals surface area contributed by atoms with Gasteiger partial charge in [0.1, 0.15) is 6.54 Å². The van der Waals surface area contributed by atoms with Crippen LogP contribution >= 0.6 is 11.8 Å². The lowest BCUT2D eigenvalue weighted by Gasteiger charge is -2.25. The Kier molecular flexibility index (Phi) is 4.06. The Hall–Kier alpha value is -2.08. The number of benzene rings is 1. The summed E-state index contributed by atoms with van der Waals surface area (Å²) in [6.07, 6.45) is 3.89. The number of rotatable bonds is 3. The molecule has 1 N–H and O–H groups in total. The molecule has 0 spiro atoms. The van der Waals surface area contributed by atoms with Crippen molar-refractivity contribution in [2.45, 2.75) is 23.9 Å². The van der Waals surface area contributed by atoms with E-state index in [2.05, 4.69) is 16.4 Å². The lowest BCUT2D eigenvalue weighted by Crippen LogP contribution is -2.36. The summed E-state index contributed by atoms with van der Waals surface area (Å²) >= 11 is 1.81. The van der Waals surface area contributed by atoms with E-state index < -0.39 is 5.69 Å². The van der Waals surface area contributed by atoms with Crippen molar-refractivity contribution in [3.8, 4) is 0 Å². The minimum absolute atomic E-state index is 0.00150. The van der Waals surface area contributed by atoms with Gasteiger partial charge in [-0.1, -0.05) is 18.2 Å². The smallest absolute Gasteiger partial charge is 0.347 e. The first-order valence-corrected chi connectivity index (χ1v) is 7.75. The first kappa shape index (κ1) is 13.9. The van der Waals surface area contributed by atoms with Gasteiger partial charge in [-0.2, -0.15) is 0 Å². The molecule has 2 heterocycles. The van der Waals surface area contributed by atoms with Crippen LogP contribution < -0.4 is 11.0 Å². The zero-order valence-corrected chi connectivity index (χ0v) is 12.2. The molecule has 0 fully saturated rings. The summed E-state index contributed by atoms with van der Waals surface area (Å²) in [4.78, 5) is 28.5. The number of fused-ring (bicyclic) bond motifs is 1. The molecule has 5 nitrogen and oxygen atoms in total. The number of thioether (sulfide) groups is 1. The van der Waals surface area contributed by atoms with Gasteiger partial charge in [0.2, 0.25) is 5.91 Å². The Labute approximate surface area is 126 Å². The highest BCUT2D eigenvalue weighted by atomic mass is 32.2. The van der Waals surface area contributed by atoms with Crippen LogP contribution in [0.2, 0.25) is 0 Å². The Morgan fingerprint density at radius 1 is 1.38 bits per heavy atom. The summed E-state index contributed by atoms with van der Waals surface area (Å²) in [5, 5.41) is 3.01. The van der Waals surface area contributed by atoms with Gasteiger partial charge >= 0.3 is 5.69 Å². The maximum absolute atomic E-state index is 12.1. The van der Waals surface area contributed by atoms with E-state index in [9.17, 15) is 9.59 Å². The molecule has 2 aromatic rings. The molecule has 0 saturated carbocycles. The van der Waals surface area contributed by atoms with Gasteiger partial charge in [0.05, 0.1) is 6.04 Å².